The van der Waals surface area contributed by atoms with Crippen LogP contribution in [0.1, 0.15) is 0 Å². The molecule has 0 radical (unpaired) electrons. The summed E-state index contributed by atoms with van der Waals surface area (Å²) in [5, 5.41) is 12.6. The Hall–Kier alpha value is -11.0. The third kappa shape index (κ3) is 8.81. The van der Waals surface area contributed by atoms with E-state index in [1.54, 1.807) is 0 Å². The van der Waals surface area contributed by atoms with Gasteiger partial charge in [-0.25, -0.2) is 0 Å². The molecule has 2 heterocycles. The molecule has 0 aliphatic heterocycles. The molecule has 0 aliphatic carbocycles. The molecule has 0 aliphatic rings. The Kier molecular flexibility index (Phi) is 12.6. The smallest absolute Gasteiger partial charge is 0.113 e. The topological polar surface area (TPSA) is 16.3 Å². The minimum atomic E-state index is -2.54. The van der Waals surface area contributed by atoms with Crippen molar-refractivity contribution < 1.29 is 0 Å². The second kappa shape index (κ2) is 21.3. The molecule has 16 rings (SSSR count). The predicted molar refractivity (Wildman–Crippen MR) is 374 cm³/mol. The van der Waals surface area contributed by atoms with Gasteiger partial charge >= 0.3 is 0 Å². The molecule has 0 bridgehead atoms. The minimum absolute atomic E-state index is 1.09. The van der Waals surface area contributed by atoms with Crippen molar-refractivity contribution in [1.82, 2.24) is 9.13 Å². The lowest BCUT2D eigenvalue weighted by molar-refractivity contribution is 1.18. The van der Waals surface area contributed by atoms with E-state index < -0.39 is 8.07 Å². The molecule has 5 heteroatoms. The summed E-state index contributed by atoms with van der Waals surface area (Å²) in [6, 6.07) is 121. The van der Waals surface area contributed by atoms with Gasteiger partial charge in [0.25, 0.3) is 0 Å². The quantitative estimate of drug-likeness (QED) is 0.113. The highest BCUT2D eigenvalue weighted by atomic mass is 28.3. The molecule has 16 aromatic rings. The maximum Gasteiger partial charge on any atom is 0.113 e. The van der Waals surface area contributed by atoms with Crippen molar-refractivity contribution >= 4 is 118 Å². The van der Waals surface area contributed by atoms with Gasteiger partial charge in [0.05, 0.1) is 33.4 Å². The summed E-state index contributed by atoms with van der Waals surface area (Å²) in [5.74, 6) is 0. The van der Waals surface area contributed by atoms with Gasteiger partial charge in [0.2, 0.25) is 0 Å². The average molecular weight is 1130 g/mol. The van der Waals surface area contributed by atoms with E-state index in [9.17, 15) is 0 Å². The van der Waals surface area contributed by atoms with E-state index in [4.69, 9.17) is 0 Å². The third-order valence-electron chi connectivity index (χ3n) is 17.9. The van der Waals surface area contributed by atoms with Crippen LogP contribution in [0.4, 0.5) is 34.1 Å². The Morgan fingerprint density at radius 3 is 0.954 bits per heavy atom. The molecule has 87 heavy (non-hydrogen) atoms. The minimum Gasteiger partial charge on any atom is -0.310 e. The fraction of sp³-hybridized carbons (Fsp3) is 0.0244. The summed E-state index contributed by atoms with van der Waals surface area (Å²) in [4.78, 5) is 4.96. The van der Waals surface area contributed by atoms with Crippen LogP contribution in [-0.4, -0.2) is 17.2 Å². The van der Waals surface area contributed by atoms with Gasteiger partial charge in [-0.3, -0.25) is 0 Å². The first-order valence-corrected chi connectivity index (χ1v) is 33.1. The molecule has 2 aromatic heterocycles. The molecule has 0 saturated heterocycles. The highest BCUT2D eigenvalue weighted by Crippen LogP contribution is 2.45. The van der Waals surface area contributed by atoms with E-state index in [1.165, 1.54) is 97.8 Å². The Balaban J connectivity index is 0.848. The number of fused-ring (bicyclic) bond motifs is 8. The van der Waals surface area contributed by atoms with Crippen molar-refractivity contribution in [3.63, 3.8) is 0 Å². The van der Waals surface area contributed by atoms with Gasteiger partial charge < -0.3 is 18.9 Å². The Morgan fingerprint density at radius 2 is 0.540 bits per heavy atom. The lowest BCUT2D eigenvalue weighted by atomic mass is 10.0. The van der Waals surface area contributed by atoms with Crippen LogP contribution in [0.3, 0.4) is 0 Å². The molecule has 0 N–H and O–H groups in total. The number of hydrogen-bond acceptors (Lipinski definition) is 2. The van der Waals surface area contributed by atoms with E-state index in [1.807, 2.05) is 0 Å². The number of benzene rings is 14. The number of nitrogens with zero attached hydrogens (tertiary/aromatic N) is 4. The van der Waals surface area contributed by atoms with E-state index in [0.29, 0.717) is 0 Å². The standard InChI is InChI=1S/C82H60N4Si/c1-87(2,81-41-21-33-67-71(81)35-19-39-75(67)83(63-47-43-59(44-48-63)57-23-7-3-8-24-57)65-51-53-79-73(55-65)69-31-15-17-37-77(69)85(79)61-27-11-5-12-28-61)82-42-22-34-68-72(82)36-20-40-76(68)84(64-49-45-60(46-50-64)58-25-9-4-10-26-58)66-52-54-80-74(56-66)70-32-16-18-38-78(70)86(80)62-29-13-6-14-30-62/h3-56H,1-2H3. The summed E-state index contributed by atoms with van der Waals surface area (Å²) >= 11 is 0. The fourth-order valence-electron chi connectivity index (χ4n) is 13.8. The molecule has 0 saturated carbocycles. The first kappa shape index (κ1) is 51.6. The Labute approximate surface area is 508 Å². The first-order valence-electron chi connectivity index (χ1n) is 30.1. The van der Waals surface area contributed by atoms with Crippen LogP contribution in [0.2, 0.25) is 13.1 Å². The van der Waals surface area contributed by atoms with Crippen LogP contribution < -0.4 is 20.2 Å². The van der Waals surface area contributed by atoms with E-state index in [2.05, 4.69) is 360 Å². The van der Waals surface area contributed by atoms with Gasteiger partial charge in [-0.15, -0.1) is 0 Å². The number of aromatic nitrogens is 2. The SMILES string of the molecule is C[Si](C)(c1cccc2c(N(c3ccc(-c4ccccc4)cc3)c3ccc4c(c3)c3ccccc3n4-c3ccccc3)cccc12)c1cccc2c(N(c3ccc(-c4ccccc4)cc3)c3ccc4c(c3)c3ccccc3n4-c3ccccc3)cccc12. The van der Waals surface area contributed by atoms with Gasteiger partial charge in [-0.2, -0.15) is 0 Å². The van der Waals surface area contributed by atoms with Gasteiger partial charge in [-0.1, -0.05) is 231 Å². The van der Waals surface area contributed by atoms with Crippen molar-refractivity contribution in [2.75, 3.05) is 9.80 Å². The summed E-state index contributed by atoms with van der Waals surface area (Å²) in [7, 11) is -2.54. The van der Waals surface area contributed by atoms with Gasteiger partial charge in [0.1, 0.15) is 8.07 Å². The average Bonchev–Trinajstić information content (AvgIpc) is 1.91. The van der Waals surface area contributed by atoms with Gasteiger partial charge in [0, 0.05) is 66.4 Å². The lowest BCUT2D eigenvalue weighted by Gasteiger charge is -2.31. The van der Waals surface area contributed by atoms with Crippen LogP contribution in [0.5, 0.6) is 0 Å². The molecule has 0 unspecified atom stereocenters. The van der Waals surface area contributed by atoms with E-state index in [0.717, 1.165) is 45.5 Å². The molecule has 0 spiro atoms. The van der Waals surface area contributed by atoms with Crippen LogP contribution in [0.25, 0.3) is 98.8 Å². The zero-order valence-corrected chi connectivity index (χ0v) is 49.5. The normalized spacial score (nSPS) is 11.8. The molecular weight excluding hydrogens is 1070 g/mol. The van der Waals surface area contributed by atoms with Crippen LogP contribution >= 0.6 is 0 Å². The summed E-state index contributed by atoms with van der Waals surface area (Å²) in [5.41, 5.74) is 18.4. The number of para-hydroxylation sites is 4. The van der Waals surface area contributed by atoms with Crippen molar-refractivity contribution in [2.45, 2.75) is 13.1 Å². The van der Waals surface area contributed by atoms with E-state index >= 15 is 0 Å². The largest absolute Gasteiger partial charge is 0.310 e. The Morgan fingerprint density at radius 1 is 0.230 bits per heavy atom. The maximum absolute atomic E-state index is 2.54. The van der Waals surface area contributed by atoms with Crippen LogP contribution in [-0.2, 0) is 0 Å². The van der Waals surface area contributed by atoms with Crippen molar-refractivity contribution in [1.29, 1.82) is 0 Å². The summed E-state index contributed by atoms with van der Waals surface area (Å²) in [6.07, 6.45) is 0. The fourth-order valence-corrected chi connectivity index (χ4v) is 16.9. The van der Waals surface area contributed by atoms with Gasteiger partial charge in [0.15, 0.2) is 0 Å². The van der Waals surface area contributed by atoms with Crippen molar-refractivity contribution in [2.24, 2.45) is 0 Å². The molecule has 0 amide bonds. The molecule has 4 nitrogen and oxygen atoms in total. The van der Waals surface area contributed by atoms with Crippen molar-refractivity contribution in [3.8, 4) is 33.6 Å². The second-order valence-electron chi connectivity index (χ2n) is 23.3. The maximum atomic E-state index is 2.54. The third-order valence-corrected chi connectivity index (χ3v) is 21.5. The number of rotatable bonds is 12. The highest BCUT2D eigenvalue weighted by Gasteiger charge is 2.32. The van der Waals surface area contributed by atoms with Gasteiger partial charge in [-0.05, 0) is 153 Å². The molecule has 412 valence electrons. The van der Waals surface area contributed by atoms with Crippen molar-refractivity contribution in [3.05, 3.63) is 328 Å². The molecule has 14 aromatic carbocycles. The lowest BCUT2D eigenvalue weighted by Crippen LogP contribution is -2.53. The Bertz CT molecular complexity index is 4900. The van der Waals surface area contributed by atoms with Crippen LogP contribution in [0.15, 0.2) is 328 Å². The monoisotopic (exact) mass is 1130 g/mol. The molecule has 0 fully saturated rings. The van der Waals surface area contributed by atoms with E-state index in [-0.39, 0.29) is 0 Å². The zero-order valence-electron chi connectivity index (χ0n) is 48.5. The zero-order chi connectivity index (χ0) is 58.0. The predicted octanol–water partition coefficient (Wildman–Crippen LogP) is 21.3. The second-order valence-corrected chi connectivity index (χ2v) is 27.6. The number of anilines is 6. The molecular formula is C82H60N4Si. The van der Waals surface area contributed by atoms with Crippen LogP contribution in [0, 0.1) is 0 Å². The summed E-state index contributed by atoms with van der Waals surface area (Å²) < 4.78 is 4.79. The first-order chi connectivity index (χ1) is 42.9. The number of hydrogen-bond donors (Lipinski definition) is 0. The summed E-state index contributed by atoms with van der Waals surface area (Å²) in [6.45, 7) is 5.09. The highest BCUT2D eigenvalue weighted by molar-refractivity contribution is 7.03. The molecule has 0 atom stereocenters.